The molecule has 0 unspecified atom stereocenters. The Labute approximate surface area is 198 Å². The van der Waals surface area contributed by atoms with Gasteiger partial charge in [0.1, 0.15) is 16.7 Å². The third-order valence-corrected chi connectivity index (χ3v) is 6.00. The van der Waals surface area contributed by atoms with E-state index < -0.39 is 22.0 Å². The van der Waals surface area contributed by atoms with Crippen LogP contribution >= 0.6 is 27.3 Å². The molecule has 0 saturated carbocycles. The molecule has 0 atom stereocenters. The van der Waals surface area contributed by atoms with Gasteiger partial charge in [-0.25, -0.2) is 9.78 Å². The highest BCUT2D eigenvalue weighted by Gasteiger charge is 2.20. The molecule has 0 saturated heterocycles. The fourth-order valence-corrected chi connectivity index (χ4v) is 4.26. The van der Waals surface area contributed by atoms with Gasteiger partial charge in [-0.15, -0.1) is 11.3 Å². The van der Waals surface area contributed by atoms with Gasteiger partial charge >= 0.3 is 11.3 Å². The van der Waals surface area contributed by atoms with Crippen LogP contribution in [0.3, 0.4) is 0 Å². The molecule has 0 spiro atoms. The lowest BCUT2D eigenvalue weighted by Crippen LogP contribution is -2.03. The summed E-state index contributed by atoms with van der Waals surface area (Å²) in [4.78, 5) is 27.3. The van der Waals surface area contributed by atoms with Crippen molar-refractivity contribution < 1.29 is 19.2 Å². The number of aromatic hydroxyl groups is 1. The van der Waals surface area contributed by atoms with Crippen LogP contribution in [0.1, 0.15) is 10.6 Å². The molecule has 0 aliphatic carbocycles. The Morgan fingerprint density at radius 3 is 2.85 bits per heavy atom. The normalized spacial score (nSPS) is 11.4. The Morgan fingerprint density at radius 2 is 2.15 bits per heavy atom. The van der Waals surface area contributed by atoms with Crippen LogP contribution in [-0.2, 0) is 0 Å². The molecule has 4 aromatic rings. The lowest BCUT2D eigenvalue weighted by Gasteiger charge is -2.05. The van der Waals surface area contributed by atoms with Gasteiger partial charge < -0.3 is 14.3 Å². The zero-order valence-corrected chi connectivity index (χ0v) is 19.1. The first-order valence-corrected chi connectivity index (χ1v) is 10.8. The molecule has 9 nitrogen and oxygen atoms in total. The maximum absolute atomic E-state index is 12.5. The first-order valence-electron chi connectivity index (χ1n) is 9.17. The topological polar surface area (TPSA) is 139 Å². The molecule has 0 aliphatic rings. The van der Waals surface area contributed by atoms with Gasteiger partial charge in [0.25, 0.3) is 0 Å². The first-order chi connectivity index (χ1) is 15.8. The zero-order chi connectivity index (χ0) is 23.7. The number of hydrogen-bond acceptors (Lipinski definition) is 9. The molecule has 11 heteroatoms. The molecular formula is C22H12BrN3O6S. The Bertz CT molecular complexity index is 1550. The van der Waals surface area contributed by atoms with E-state index in [0.29, 0.717) is 21.7 Å². The number of phenols is 1. The van der Waals surface area contributed by atoms with Crippen LogP contribution in [0.25, 0.3) is 33.9 Å². The summed E-state index contributed by atoms with van der Waals surface area (Å²) in [6.45, 7) is 0. The number of phenolic OH excluding ortho intramolecular Hbond substituents is 1. The van der Waals surface area contributed by atoms with Gasteiger partial charge in [-0.05, 0) is 42.0 Å². The van der Waals surface area contributed by atoms with Crippen molar-refractivity contribution in [3.63, 3.8) is 0 Å². The van der Waals surface area contributed by atoms with E-state index in [1.165, 1.54) is 19.3 Å². The molecule has 1 N–H and O–H groups in total. The molecule has 0 aliphatic heterocycles. The predicted octanol–water partition coefficient (Wildman–Crippen LogP) is 5.37. The number of allylic oxidation sites excluding steroid dienone is 1. The van der Waals surface area contributed by atoms with E-state index >= 15 is 0 Å². The highest BCUT2D eigenvalue weighted by Crippen LogP contribution is 2.38. The number of nitriles is 1. The second-order valence-corrected chi connectivity index (χ2v) is 8.46. The van der Waals surface area contributed by atoms with Crippen LogP contribution in [0.15, 0.2) is 55.5 Å². The number of nitrogens with zero attached hydrogens (tertiary/aromatic N) is 3. The molecule has 2 aromatic heterocycles. The summed E-state index contributed by atoms with van der Waals surface area (Å²) < 4.78 is 11.2. The van der Waals surface area contributed by atoms with Crippen LogP contribution in [0, 0.1) is 21.4 Å². The Balaban J connectivity index is 1.77. The van der Waals surface area contributed by atoms with Crippen LogP contribution in [0.2, 0.25) is 0 Å². The van der Waals surface area contributed by atoms with Crippen LogP contribution < -0.4 is 10.4 Å². The molecule has 0 amide bonds. The van der Waals surface area contributed by atoms with E-state index in [1.807, 2.05) is 6.07 Å². The summed E-state index contributed by atoms with van der Waals surface area (Å²) in [6, 6.07) is 11.4. The number of halogens is 1. The van der Waals surface area contributed by atoms with Crippen LogP contribution in [0.4, 0.5) is 5.69 Å². The number of methoxy groups -OCH3 is 1. The van der Waals surface area contributed by atoms with Gasteiger partial charge in [0, 0.05) is 21.3 Å². The van der Waals surface area contributed by atoms with E-state index in [-0.39, 0.29) is 22.4 Å². The highest BCUT2D eigenvalue weighted by molar-refractivity contribution is 9.10. The van der Waals surface area contributed by atoms with E-state index in [4.69, 9.17) is 9.15 Å². The van der Waals surface area contributed by atoms with Crippen molar-refractivity contribution >= 4 is 55.6 Å². The van der Waals surface area contributed by atoms with E-state index in [2.05, 4.69) is 20.9 Å². The number of fused-ring (bicyclic) bond motifs is 1. The second-order valence-electron chi connectivity index (χ2n) is 6.69. The number of thiazole rings is 1. The molecule has 4 rings (SSSR count). The van der Waals surface area contributed by atoms with E-state index in [9.17, 15) is 25.3 Å². The van der Waals surface area contributed by atoms with E-state index in [1.54, 1.807) is 29.6 Å². The van der Waals surface area contributed by atoms with Gasteiger partial charge in [0.05, 0.1) is 28.9 Å². The Hall–Kier alpha value is -4.01. The fraction of sp³-hybridized carbons (Fsp3) is 0.0455. The lowest BCUT2D eigenvalue weighted by molar-refractivity contribution is -0.386. The average molecular weight is 526 g/mol. The third-order valence-electron chi connectivity index (χ3n) is 4.63. The van der Waals surface area contributed by atoms with Crippen molar-refractivity contribution in [2.75, 3.05) is 7.11 Å². The van der Waals surface area contributed by atoms with Gasteiger partial charge in [0.2, 0.25) is 5.75 Å². The van der Waals surface area contributed by atoms with Crippen LogP contribution in [-0.4, -0.2) is 22.1 Å². The number of rotatable bonds is 5. The van der Waals surface area contributed by atoms with Crippen LogP contribution in [0.5, 0.6) is 11.5 Å². The molecule has 0 radical (unpaired) electrons. The molecular weight excluding hydrogens is 514 g/mol. The summed E-state index contributed by atoms with van der Waals surface area (Å²) >= 11 is 4.51. The maximum atomic E-state index is 12.5. The number of aromatic nitrogens is 1. The van der Waals surface area contributed by atoms with Crippen molar-refractivity contribution in [2.24, 2.45) is 0 Å². The fourth-order valence-electron chi connectivity index (χ4n) is 3.09. The van der Waals surface area contributed by atoms with Crippen molar-refractivity contribution in [2.45, 2.75) is 0 Å². The third kappa shape index (κ3) is 4.34. The van der Waals surface area contributed by atoms with Gasteiger partial charge in [-0.1, -0.05) is 15.9 Å². The standard InChI is InChI=1S/C22H12BrN3O6S/c1-31-19-6-11(5-17(20(19)27)26(29)30)4-13(9-24)21-25-16(10-33-21)15-8-12-7-14(23)2-3-18(12)32-22(15)28/h2-8,10,27H,1H3/b13-4-. The minimum atomic E-state index is -0.750. The number of nitro benzene ring substituents is 1. The summed E-state index contributed by atoms with van der Waals surface area (Å²) in [6.07, 6.45) is 1.39. The Morgan fingerprint density at radius 1 is 1.36 bits per heavy atom. The van der Waals surface area contributed by atoms with Gasteiger partial charge in [0.15, 0.2) is 5.75 Å². The smallest absolute Gasteiger partial charge is 0.345 e. The maximum Gasteiger partial charge on any atom is 0.345 e. The average Bonchev–Trinajstić information content (AvgIpc) is 3.27. The first kappa shape index (κ1) is 22.2. The number of benzene rings is 2. The summed E-state index contributed by atoms with van der Waals surface area (Å²) in [7, 11) is 1.26. The number of ether oxygens (including phenoxy) is 1. The summed E-state index contributed by atoms with van der Waals surface area (Å²) in [5.41, 5.74) is 0.257. The number of hydrogen-bond donors (Lipinski definition) is 1. The SMILES string of the molecule is COc1cc(/C=C(/C#N)c2nc(-c3cc4cc(Br)ccc4oc3=O)cs2)cc([N+](=O)[O-])c1O. The summed E-state index contributed by atoms with van der Waals surface area (Å²) in [5.74, 6) is -0.711. The monoisotopic (exact) mass is 525 g/mol. The highest BCUT2D eigenvalue weighted by atomic mass is 79.9. The molecule has 2 heterocycles. The minimum Gasteiger partial charge on any atom is -0.500 e. The van der Waals surface area contributed by atoms with Crippen molar-refractivity contribution in [3.8, 4) is 28.8 Å². The molecule has 164 valence electrons. The van der Waals surface area contributed by atoms with Crippen molar-refractivity contribution in [1.82, 2.24) is 4.98 Å². The molecule has 33 heavy (non-hydrogen) atoms. The Kier molecular flexibility index (Phi) is 5.95. The van der Waals surface area contributed by atoms with Crippen molar-refractivity contribution in [1.29, 1.82) is 5.26 Å². The van der Waals surface area contributed by atoms with Gasteiger partial charge in [-0.2, -0.15) is 5.26 Å². The van der Waals surface area contributed by atoms with Gasteiger partial charge in [-0.3, -0.25) is 10.1 Å². The quantitative estimate of drug-likeness (QED) is 0.159. The predicted molar refractivity (Wildman–Crippen MR) is 126 cm³/mol. The largest absolute Gasteiger partial charge is 0.500 e. The second kappa shape index (κ2) is 8.85. The summed E-state index contributed by atoms with van der Waals surface area (Å²) in [5, 5.41) is 33.4. The van der Waals surface area contributed by atoms with E-state index in [0.717, 1.165) is 21.9 Å². The zero-order valence-electron chi connectivity index (χ0n) is 16.7. The molecule has 0 fully saturated rings. The minimum absolute atomic E-state index is 0.104. The lowest BCUT2D eigenvalue weighted by atomic mass is 10.1. The molecule has 2 aromatic carbocycles. The molecule has 0 bridgehead atoms. The van der Waals surface area contributed by atoms with Crippen molar-refractivity contribution in [3.05, 3.63) is 77.4 Å². The number of nitro groups is 1.